The minimum atomic E-state index is 0.443. The number of thioether (sulfide) groups is 2. The maximum Gasteiger partial charge on any atom is 0.161 e. The van der Waals surface area contributed by atoms with E-state index in [2.05, 4.69) is 41.7 Å². The highest BCUT2D eigenvalue weighted by Gasteiger charge is 2.14. The molecule has 1 aliphatic heterocycles. The maximum atomic E-state index is 4.52. The van der Waals surface area contributed by atoms with Crippen LogP contribution in [0.25, 0.3) is 0 Å². The summed E-state index contributed by atoms with van der Waals surface area (Å²) in [6.45, 7) is 2.14. The van der Waals surface area contributed by atoms with Gasteiger partial charge >= 0.3 is 0 Å². The number of anilines is 1. The number of hydrogen-bond donors (Lipinski definition) is 1. The van der Waals surface area contributed by atoms with E-state index in [0.717, 1.165) is 16.6 Å². The Morgan fingerprint density at radius 3 is 2.93 bits per heavy atom. The van der Waals surface area contributed by atoms with Crippen LogP contribution in [0.1, 0.15) is 6.92 Å². The van der Waals surface area contributed by atoms with Crippen LogP contribution < -0.4 is 5.32 Å². The van der Waals surface area contributed by atoms with Crippen LogP contribution >= 0.6 is 23.5 Å². The molecule has 1 atom stereocenters. The molecule has 0 bridgehead atoms. The number of rotatable bonds is 2. The summed E-state index contributed by atoms with van der Waals surface area (Å²) in [5.74, 6) is 1.09. The number of para-hydroxylation sites is 1. The van der Waals surface area contributed by atoms with E-state index in [0.29, 0.717) is 6.04 Å². The molecule has 1 unspecified atom stereocenters. The Labute approximate surface area is 98.9 Å². The van der Waals surface area contributed by atoms with Crippen molar-refractivity contribution in [3.8, 4) is 0 Å². The van der Waals surface area contributed by atoms with Crippen molar-refractivity contribution in [3.63, 3.8) is 0 Å². The third kappa shape index (κ3) is 2.69. The molecule has 80 valence electrons. The highest BCUT2D eigenvalue weighted by Crippen LogP contribution is 2.27. The van der Waals surface area contributed by atoms with Gasteiger partial charge in [0, 0.05) is 10.6 Å². The second-order valence-electron chi connectivity index (χ2n) is 3.42. The average molecular weight is 238 g/mol. The molecule has 0 fully saturated rings. The molecular formula is C11H14N2S2. The number of nitrogens with one attached hydrogen (secondary N) is 1. The lowest BCUT2D eigenvalue weighted by atomic mass is 10.3. The highest BCUT2D eigenvalue weighted by molar-refractivity contribution is 8.14. The van der Waals surface area contributed by atoms with Crippen molar-refractivity contribution in [1.29, 1.82) is 0 Å². The summed E-state index contributed by atoms with van der Waals surface area (Å²) in [5.41, 5.74) is 1.16. The van der Waals surface area contributed by atoms with E-state index in [1.807, 2.05) is 6.07 Å². The summed E-state index contributed by atoms with van der Waals surface area (Å²) in [6, 6.07) is 8.77. The Morgan fingerprint density at radius 1 is 1.47 bits per heavy atom. The predicted octanol–water partition coefficient (Wildman–Crippen LogP) is 3.31. The van der Waals surface area contributed by atoms with Crippen LogP contribution in [0, 0.1) is 0 Å². The van der Waals surface area contributed by atoms with E-state index in [4.69, 9.17) is 0 Å². The van der Waals surface area contributed by atoms with E-state index in [9.17, 15) is 0 Å². The quantitative estimate of drug-likeness (QED) is 0.800. The second kappa shape index (κ2) is 4.94. The van der Waals surface area contributed by atoms with Crippen molar-refractivity contribution in [2.24, 2.45) is 4.99 Å². The Kier molecular flexibility index (Phi) is 3.59. The van der Waals surface area contributed by atoms with E-state index in [1.165, 1.54) is 4.90 Å². The number of aliphatic imine (C=N–C) groups is 1. The zero-order valence-corrected chi connectivity index (χ0v) is 10.5. The van der Waals surface area contributed by atoms with Crippen molar-refractivity contribution >= 4 is 34.4 Å². The van der Waals surface area contributed by atoms with Gasteiger partial charge in [-0.05, 0) is 25.3 Å². The molecule has 1 aromatic carbocycles. The fourth-order valence-electron chi connectivity index (χ4n) is 1.41. The molecule has 0 saturated heterocycles. The van der Waals surface area contributed by atoms with Crippen LogP contribution in [0.2, 0.25) is 0 Å². The molecule has 0 saturated carbocycles. The van der Waals surface area contributed by atoms with E-state index in [-0.39, 0.29) is 0 Å². The van der Waals surface area contributed by atoms with Gasteiger partial charge in [0.2, 0.25) is 0 Å². The topological polar surface area (TPSA) is 24.4 Å². The second-order valence-corrected chi connectivity index (χ2v) is 5.28. The molecule has 0 radical (unpaired) electrons. The van der Waals surface area contributed by atoms with Gasteiger partial charge in [-0.3, -0.25) is 4.99 Å². The number of amidine groups is 1. The monoisotopic (exact) mass is 238 g/mol. The molecule has 4 heteroatoms. The first kappa shape index (κ1) is 10.9. The fraction of sp³-hybridized carbons (Fsp3) is 0.364. The first-order valence-corrected chi connectivity index (χ1v) is 7.11. The van der Waals surface area contributed by atoms with Crippen molar-refractivity contribution in [2.75, 3.05) is 17.3 Å². The third-order valence-corrected chi connectivity index (χ3v) is 4.07. The molecule has 1 N–H and O–H groups in total. The van der Waals surface area contributed by atoms with Crippen LogP contribution in [0.4, 0.5) is 5.69 Å². The smallest absolute Gasteiger partial charge is 0.161 e. The van der Waals surface area contributed by atoms with E-state index < -0.39 is 0 Å². The van der Waals surface area contributed by atoms with Crippen molar-refractivity contribution in [2.45, 2.75) is 17.9 Å². The molecule has 0 spiro atoms. The average Bonchev–Trinajstić information content (AvgIpc) is 2.65. The van der Waals surface area contributed by atoms with Crippen LogP contribution in [-0.4, -0.2) is 23.2 Å². The third-order valence-electron chi connectivity index (χ3n) is 2.15. The summed E-state index contributed by atoms with van der Waals surface area (Å²) >= 11 is 3.55. The molecule has 1 heterocycles. The lowest BCUT2D eigenvalue weighted by Crippen LogP contribution is -2.05. The van der Waals surface area contributed by atoms with Gasteiger partial charge in [0.15, 0.2) is 5.17 Å². The van der Waals surface area contributed by atoms with Gasteiger partial charge in [-0.25, -0.2) is 0 Å². The summed E-state index contributed by atoms with van der Waals surface area (Å²) in [4.78, 5) is 5.78. The molecule has 2 nitrogen and oxygen atoms in total. The summed E-state index contributed by atoms with van der Waals surface area (Å²) in [5, 5.41) is 4.43. The van der Waals surface area contributed by atoms with Crippen LogP contribution in [0.15, 0.2) is 34.2 Å². The SMILES string of the molecule is CSc1ccccc1NC1=NC(C)CS1. The van der Waals surface area contributed by atoms with Gasteiger partial charge in [0.25, 0.3) is 0 Å². The zero-order chi connectivity index (χ0) is 10.7. The van der Waals surface area contributed by atoms with Crippen molar-refractivity contribution < 1.29 is 0 Å². The van der Waals surface area contributed by atoms with Crippen LogP contribution in [0.3, 0.4) is 0 Å². The lowest BCUT2D eigenvalue weighted by Gasteiger charge is -2.08. The molecule has 2 rings (SSSR count). The Hall–Kier alpha value is -0.610. The first-order chi connectivity index (χ1) is 7.29. The number of nitrogens with zero attached hydrogens (tertiary/aromatic N) is 1. The largest absolute Gasteiger partial charge is 0.334 e. The van der Waals surface area contributed by atoms with Crippen molar-refractivity contribution in [1.82, 2.24) is 0 Å². The number of hydrogen-bond acceptors (Lipinski definition) is 4. The molecule has 15 heavy (non-hydrogen) atoms. The fourth-order valence-corrected chi connectivity index (χ4v) is 2.87. The van der Waals surface area contributed by atoms with Gasteiger partial charge in [-0.1, -0.05) is 23.9 Å². The molecule has 1 aromatic rings. The van der Waals surface area contributed by atoms with Crippen LogP contribution in [0.5, 0.6) is 0 Å². The van der Waals surface area contributed by atoms with Gasteiger partial charge in [-0.2, -0.15) is 0 Å². The van der Waals surface area contributed by atoms with Gasteiger partial charge < -0.3 is 5.32 Å². The van der Waals surface area contributed by atoms with Crippen molar-refractivity contribution in [3.05, 3.63) is 24.3 Å². The normalized spacial score (nSPS) is 20.1. The molecule has 0 aromatic heterocycles. The van der Waals surface area contributed by atoms with Gasteiger partial charge in [-0.15, -0.1) is 11.8 Å². The van der Waals surface area contributed by atoms with E-state index >= 15 is 0 Å². The van der Waals surface area contributed by atoms with E-state index in [1.54, 1.807) is 23.5 Å². The molecular weight excluding hydrogens is 224 g/mol. The first-order valence-electron chi connectivity index (χ1n) is 4.90. The van der Waals surface area contributed by atoms with Gasteiger partial charge in [0.05, 0.1) is 11.7 Å². The molecule has 0 amide bonds. The highest BCUT2D eigenvalue weighted by atomic mass is 32.2. The lowest BCUT2D eigenvalue weighted by molar-refractivity contribution is 0.865. The molecule has 0 aliphatic carbocycles. The Bertz CT molecular complexity index is 377. The summed E-state index contributed by atoms with van der Waals surface area (Å²) in [6.07, 6.45) is 2.09. The number of benzene rings is 1. The van der Waals surface area contributed by atoms with Gasteiger partial charge in [0.1, 0.15) is 0 Å². The summed E-state index contributed by atoms with van der Waals surface area (Å²) in [7, 11) is 0. The molecule has 1 aliphatic rings. The standard InChI is InChI=1S/C11H14N2S2/c1-8-7-15-11(12-8)13-9-5-3-4-6-10(9)14-2/h3-6,8H,7H2,1-2H3,(H,12,13). The summed E-state index contributed by atoms with van der Waals surface area (Å²) < 4.78 is 0. The Morgan fingerprint density at radius 2 is 2.27 bits per heavy atom. The Balaban J connectivity index is 2.13. The minimum absolute atomic E-state index is 0.443. The maximum absolute atomic E-state index is 4.52. The predicted molar refractivity (Wildman–Crippen MR) is 71.2 cm³/mol. The van der Waals surface area contributed by atoms with Crippen LogP contribution in [-0.2, 0) is 0 Å². The zero-order valence-electron chi connectivity index (χ0n) is 8.86. The minimum Gasteiger partial charge on any atom is -0.334 e.